The van der Waals surface area contributed by atoms with Gasteiger partial charge >= 0.3 is 0 Å². The van der Waals surface area contributed by atoms with Crippen LogP contribution in [0.3, 0.4) is 0 Å². The molecule has 1 aliphatic heterocycles. The van der Waals surface area contributed by atoms with Gasteiger partial charge in [0, 0.05) is 19.4 Å². The van der Waals surface area contributed by atoms with E-state index in [1.807, 2.05) is 36.1 Å². The highest BCUT2D eigenvalue weighted by Gasteiger charge is 2.24. The summed E-state index contributed by atoms with van der Waals surface area (Å²) in [5, 5.41) is 0. The Bertz CT molecular complexity index is 376. The predicted octanol–water partition coefficient (Wildman–Crippen LogP) is 2.21. The van der Waals surface area contributed by atoms with Gasteiger partial charge in [0.2, 0.25) is 5.91 Å². The Kier molecular flexibility index (Phi) is 2.62. The van der Waals surface area contributed by atoms with Crippen LogP contribution in [0, 0.1) is 0 Å². The van der Waals surface area contributed by atoms with Gasteiger partial charge in [-0.3, -0.25) is 4.79 Å². The van der Waals surface area contributed by atoms with Crippen LogP contribution in [0.1, 0.15) is 20.3 Å². The average Bonchev–Trinajstić information content (AvgIpc) is 2.35. The van der Waals surface area contributed by atoms with E-state index in [1.165, 1.54) is 0 Å². The van der Waals surface area contributed by atoms with E-state index in [-0.39, 0.29) is 11.9 Å². The molecule has 1 amide bonds. The highest BCUT2D eigenvalue weighted by Crippen LogP contribution is 2.32. The van der Waals surface area contributed by atoms with Crippen molar-refractivity contribution in [1.29, 1.82) is 0 Å². The minimum Gasteiger partial charge on any atom is -0.491 e. The first-order chi connectivity index (χ1) is 7.20. The third-order valence-electron chi connectivity index (χ3n) is 2.70. The van der Waals surface area contributed by atoms with Crippen molar-refractivity contribution in [3.05, 3.63) is 24.3 Å². The van der Waals surface area contributed by atoms with Gasteiger partial charge in [0.25, 0.3) is 0 Å². The Balaban J connectivity index is 2.47. The number of para-hydroxylation sites is 2. The lowest BCUT2D eigenvalue weighted by Crippen LogP contribution is -2.36. The molecule has 0 saturated carbocycles. The lowest BCUT2D eigenvalue weighted by atomic mass is 10.2. The van der Waals surface area contributed by atoms with Crippen molar-refractivity contribution in [2.45, 2.75) is 26.3 Å². The van der Waals surface area contributed by atoms with Gasteiger partial charge in [0.05, 0.1) is 12.3 Å². The summed E-state index contributed by atoms with van der Waals surface area (Å²) < 4.78 is 5.61. The molecule has 1 unspecified atom stereocenters. The summed E-state index contributed by atoms with van der Waals surface area (Å²) in [4.78, 5) is 13.4. The van der Waals surface area contributed by atoms with Gasteiger partial charge in [0.15, 0.2) is 0 Å². The molecular weight excluding hydrogens is 190 g/mol. The molecule has 3 nitrogen and oxygen atoms in total. The van der Waals surface area contributed by atoms with Gasteiger partial charge in [-0.15, -0.1) is 0 Å². The summed E-state index contributed by atoms with van der Waals surface area (Å²) in [6, 6.07) is 7.89. The number of hydrogen-bond acceptors (Lipinski definition) is 2. The van der Waals surface area contributed by atoms with Crippen molar-refractivity contribution >= 4 is 11.6 Å². The van der Waals surface area contributed by atoms with E-state index in [4.69, 9.17) is 4.74 Å². The van der Waals surface area contributed by atoms with Crippen LogP contribution in [0.15, 0.2) is 24.3 Å². The lowest BCUT2D eigenvalue weighted by molar-refractivity contribution is -0.117. The van der Waals surface area contributed by atoms with Gasteiger partial charge in [-0.25, -0.2) is 0 Å². The topological polar surface area (TPSA) is 29.5 Å². The van der Waals surface area contributed by atoms with Crippen molar-refractivity contribution < 1.29 is 9.53 Å². The van der Waals surface area contributed by atoms with Crippen molar-refractivity contribution in [1.82, 2.24) is 0 Å². The molecule has 15 heavy (non-hydrogen) atoms. The molecule has 1 aliphatic rings. The van der Waals surface area contributed by atoms with Crippen LogP contribution in [0.25, 0.3) is 0 Å². The third kappa shape index (κ3) is 1.82. The van der Waals surface area contributed by atoms with Crippen LogP contribution in [0.4, 0.5) is 5.69 Å². The molecule has 0 bridgehead atoms. The largest absolute Gasteiger partial charge is 0.491 e. The summed E-state index contributed by atoms with van der Waals surface area (Å²) in [6.45, 7) is 4.31. The Labute approximate surface area is 89.7 Å². The molecule has 0 fully saturated rings. The number of nitrogens with zero attached hydrogens (tertiary/aromatic N) is 1. The van der Waals surface area contributed by atoms with E-state index < -0.39 is 0 Å². The minimum absolute atomic E-state index is 0.0699. The molecule has 3 heteroatoms. The summed E-state index contributed by atoms with van der Waals surface area (Å²) in [5.74, 6) is 0.873. The predicted molar refractivity (Wildman–Crippen MR) is 59.2 cm³/mol. The molecule has 0 N–H and O–H groups in total. The van der Waals surface area contributed by atoms with Gasteiger partial charge in [-0.1, -0.05) is 12.1 Å². The second-order valence-corrected chi connectivity index (χ2v) is 3.84. The maximum atomic E-state index is 11.6. The highest BCUT2D eigenvalue weighted by atomic mass is 16.5. The smallest absolute Gasteiger partial charge is 0.224 e. The lowest BCUT2D eigenvalue weighted by Gasteiger charge is -2.26. The second kappa shape index (κ2) is 3.93. The number of carbonyl (C=O) groups is 1. The number of ether oxygens (including phenoxy) is 1. The van der Waals surface area contributed by atoms with Crippen LogP contribution in [-0.4, -0.2) is 18.6 Å². The normalized spacial score (nSPS) is 20.1. The third-order valence-corrected chi connectivity index (χ3v) is 2.70. The Morgan fingerprint density at radius 3 is 2.93 bits per heavy atom. The van der Waals surface area contributed by atoms with Crippen LogP contribution in [0.5, 0.6) is 5.75 Å². The van der Waals surface area contributed by atoms with Crippen molar-refractivity contribution in [3.8, 4) is 5.75 Å². The Morgan fingerprint density at radius 1 is 1.47 bits per heavy atom. The van der Waals surface area contributed by atoms with Crippen LogP contribution in [0.2, 0.25) is 0 Å². The molecule has 1 aromatic rings. The van der Waals surface area contributed by atoms with E-state index >= 15 is 0 Å². The fourth-order valence-corrected chi connectivity index (χ4v) is 1.96. The molecule has 0 saturated heterocycles. The molecule has 80 valence electrons. The van der Waals surface area contributed by atoms with Gasteiger partial charge in [-0.05, 0) is 19.1 Å². The van der Waals surface area contributed by atoms with E-state index in [1.54, 1.807) is 6.92 Å². The number of rotatable bonds is 0. The first-order valence-electron chi connectivity index (χ1n) is 5.22. The molecule has 0 radical (unpaired) electrons. The number of amides is 1. The summed E-state index contributed by atoms with van der Waals surface area (Å²) in [7, 11) is 0. The quantitative estimate of drug-likeness (QED) is 0.650. The first-order valence-corrected chi connectivity index (χ1v) is 5.22. The minimum atomic E-state index is 0.0699. The van der Waals surface area contributed by atoms with E-state index in [0.717, 1.165) is 17.9 Å². The molecule has 0 spiro atoms. The maximum absolute atomic E-state index is 11.6. The zero-order chi connectivity index (χ0) is 10.8. The fourth-order valence-electron chi connectivity index (χ4n) is 1.96. The highest BCUT2D eigenvalue weighted by molar-refractivity contribution is 5.93. The molecular formula is C12H15NO2. The van der Waals surface area contributed by atoms with Crippen molar-refractivity contribution in [3.63, 3.8) is 0 Å². The molecule has 0 aromatic heterocycles. The zero-order valence-electron chi connectivity index (χ0n) is 9.06. The van der Waals surface area contributed by atoms with Crippen molar-refractivity contribution in [2.75, 3.05) is 11.5 Å². The molecule has 2 rings (SSSR count). The van der Waals surface area contributed by atoms with Crippen LogP contribution < -0.4 is 9.64 Å². The maximum Gasteiger partial charge on any atom is 0.224 e. The summed E-state index contributed by atoms with van der Waals surface area (Å²) >= 11 is 0. The summed E-state index contributed by atoms with van der Waals surface area (Å²) in [5.41, 5.74) is 0.884. The summed E-state index contributed by atoms with van der Waals surface area (Å²) in [6.07, 6.45) is 0.869. The molecule has 1 aromatic carbocycles. The number of anilines is 1. The number of benzene rings is 1. The molecule has 0 aliphatic carbocycles. The van der Waals surface area contributed by atoms with E-state index in [2.05, 4.69) is 0 Å². The Hall–Kier alpha value is -1.51. The van der Waals surface area contributed by atoms with Gasteiger partial charge in [0.1, 0.15) is 5.75 Å². The number of hydrogen-bond donors (Lipinski definition) is 0. The number of fused-ring (bicyclic) bond motifs is 1. The molecule has 1 heterocycles. The second-order valence-electron chi connectivity index (χ2n) is 3.84. The SMILES string of the molecule is CC(=O)N1c2ccccc2OCCC1C. The first kappa shape index (κ1) is 10.0. The van der Waals surface area contributed by atoms with Gasteiger partial charge in [-0.2, -0.15) is 0 Å². The van der Waals surface area contributed by atoms with E-state index in [0.29, 0.717) is 6.61 Å². The Morgan fingerprint density at radius 2 is 2.20 bits per heavy atom. The average molecular weight is 205 g/mol. The van der Waals surface area contributed by atoms with Crippen LogP contribution >= 0.6 is 0 Å². The zero-order valence-corrected chi connectivity index (χ0v) is 9.06. The van der Waals surface area contributed by atoms with E-state index in [9.17, 15) is 4.79 Å². The number of carbonyl (C=O) groups excluding carboxylic acids is 1. The fraction of sp³-hybridized carbons (Fsp3) is 0.417. The monoisotopic (exact) mass is 205 g/mol. The van der Waals surface area contributed by atoms with Gasteiger partial charge < -0.3 is 9.64 Å². The van der Waals surface area contributed by atoms with Crippen molar-refractivity contribution in [2.24, 2.45) is 0 Å². The standard InChI is InChI=1S/C12H15NO2/c1-9-7-8-15-12-6-4-3-5-11(12)13(9)10(2)14/h3-6,9H,7-8H2,1-2H3. The van der Waals surface area contributed by atoms with Crippen LogP contribution in [-0.2, 0) is 4.79 Å². The molecule has 1 atom stereocenters.